The summed E-state index contributed by atoms with van der Waals surface area (Å²) in [5.74, 6) is 0.304. The van der Waals surface area contributed by atoms with Crippen molar-refractivity contribution in [3.05, 3.63) is 53.2 Å². The smallest absolute Gasteiger partial charge is 0.258 e. The lowest BCUT2D eigenvalue weighted by molar-refractivity contribution is -0.123. The van der Waals surface area contributed by atoms with Crippen molar-refractivity contribution < 1.29 is 9.53 Å². The van der Waals surface area contributed by atoms with Crippen molar-refractivity contribution in [3.63, 3.8) is 0 Å². The standard InChI is InChI=1S/C23H29N5O2/c1-16-13-17(2)25-22-21(16)23(26-27(22)3)30-15-20(29)24-14-19(28-11-7-8-12-28)18-9-5-4-6-10-18/h4-6,9-10,13,19H,7-8,11-12,14-15H2,1-3H3,(H,24,29). The van der Waals surface area contributed by atoms with Crippen LogP contribution in [0.4, 0.5) is 0 Å². The van der Waals surface area contributed by atoms with Gasteiger partial charge in [0.15, 0.2) is 12.3 Å². The van der Waals surface area contributed by atoms with E-state index in [0.29, 0.717) is 12.4 Å². The van der Waals surface area contributed by atoms with Gasteiger partial charge < -0.3 is 10.1 Å². The van der Waals surface area contributed by atoms with E-state index in [-0.39, 0.29) is 18.6 Å². The fourth-order valence-electron chi connectivity index (χ4n) is 4.23. The Kier molecular flexibility index (Phi) is 5.99. The van der Waals surface area contributed by atoms with Crippen molar-refractivity contribution in [2.24, 2.45) is 7.05 Å². The minimum atomic E-state index is -0.147. The predicted octanol–water partition coefficient (Wildman–Crippen LogP) is 2.92. The highest BCUT2D eigenvalue weighted by Gasteiger charge is 2.24. The first-order valence-electron chi connectivity index (χ1n) is 10.5. The second-order valence-corrected chi connectivity index (χ2v) is 7.97. The van der Waals surface area contributed by atoms with Crippen LogP contribution in [-0.4, -0.2) is 51.8 Å². The molecule has 7 heteroatoms. The van der Waals surface area contributed by atoms with Gasteiger partial charge in [-0.3, -0.25) is 9.69 Å². The lowest BCUT2D eigenvalue weighted by atomic mass is 10.1. The van der Waals surface area contributed by atoms with E-state index in [1.165, 1.54) is 18.4 Å². The number of ether oxygens (including phenoxy) is 1. The van der Waals surface area contributed by atoms with Crippen molar-refractivity contribution in [2.45, 2.75) is 32.7 Å². The van der Waals surface area contributed by atoms with E-state index in [1.807, 2.05) is 45.2 Å². The number of benzene rings is 1. The van der Waals surface area contributed by atoms with Crippen LogP contribution in [0.5, 0.6) is 5.88 Å². The van der Waals surface area contributed by atoms with Crippen LogP contribution >= 0.6 is 0 Å². The van der Waals surface area contributed by atoms with Crippen molar-refractivity contribution in [2.75, 3.05) is 26.2 Å². The molecule has 1 aliphatic rings. The van der Waals surface area contributed by atoms with E-state index in [9.17, 15) is 4.79 Å². The van der Waals surface area contributed by atoms with Gasteiger partial charge in [-0.15, -0.1) is 5.10 Å². The average Bonchev–Trinajstić information content (AvgIpc) is 3.36. The molecule has 30 heavy (non-hydrogen) atoms. The van der Waals surface area contributed by atoms with Gasteiger partial charge in [-0.25, -0.2) is 9.67 Å². The van der Waals surface area contributed by atoms with Gasteiger partial charge in [-0.05, 0) is 57.0 Å². The maximum Gasteiger partial charge on any atom is 0.258 e. The number of rotatable bonds is 7. The normalized spacial score (nSPS) is 15.4. The number of nitrogens with zero attached hydrogens (tertiary/aromatic N) is 4. The van der Waals surface area contributed by atoms with Crippen LogP contribution in [0.3, 0.4) is 0 Å². The summed E-state index contributed by atoms with van der Waals surface area (Å²) in [5.41, 5.74) is 3.97. The number of amides is 1. The molecule has 0 aliphatic carbocycles. The molecule has 4 rings (SSSR count). The zero-order valence-electron chi connectivity index (χ0n) is 17.9. The lowest BCUT2D eigenvalue weighted by Gasteiger charge is -2.28. The molecule has 7 nitrogen and oxygen atoms in total. The monoisotopic (exact) mass is 407 g/mol. The zero-order valence-corrected chi connectivity index (χ0v) is 17.9. The maximum absolute atomic E-state index is 12.5. The summed E-state index contributed by atoms with van der Waals surface area (Å²) < 4.78 is 7.48. The maximum atomic E-state index is 12.5. The lowest BCUT2D eigenvalue weighted by Crippen LogP contribution is -2.38. The molecule has 3 heterocycles. The molecule has 0 radical (unpaired) electrons. The number of likely N-dealkylation sites (tertiary alicyclic amines) is 1. The average molecular weight is 408 g/mol. The molecule has 3 aromatic rings. The van der Waals surface area contributed by atoms with Crippen molar-refractivity contribution >= 4 is 16.9 Å². The summed E-state index contributed by atoms with van der Waals surface area (Å²) in [7, 11) is 1.83. The van der Waals surface area contributed by atoms with Gasteiger partial charge >= 0.3 is 0 Å². The first kappa shape index (κ1) is 20.3. The molecular formula is C23H29N5O2. The number of carbonyl (C=O) groups is 1. The second-order valence-electron chi connectivity index (χ2n) is 7.97. The van der Waals surface area contributed by atoms with E-state index in [1.54, 1.807) is 4.68 Å². The van der Waals surface area contributed by atoms with Gasteiger partial charge in [0, 0.05) is 19.3 Å². The van der Waals surface area contributed by atoms with Gasteiger partial charge in [0.05, 0.1) is 11.4 Å². The molecule has 1 aliphatic heterocycles. The Morgan fingerprint density at radius 1 is 1.20 bits per heavy atom. The van der Waals surface area contributed by atoms with Gasteiger partial charge in [0.2, 0.25) is 5.88 Å². The molecule has 1 atom stereocenters. The highest BCUT2D eigenvalue weighted by Crippen LogP contribution is 2.27. The molecule has 0 bridgehead atoms. The van der Waals surface area contributed by atoms with Gasteiger partial charge in [-0.1, -0.05) is 30.3 Å². The summed E-state index contributed by atoms with van der Waals surface area (Å²) in [6.07, 6.45) is 2.42. The van der Waals surface area contributed by atoms with Crippen molar-refractivity contribution in [3.8, 4) is 5.88 Å². The third kappa shape index (κ3) is 4.31. The minimum Gasteiger partial charge on any atom is -0.466 e. The second kappa shape index (κ2) is 8.83. The van der Waals surface area contributed by atoms with Gasteiger partial charge in [0.25, 0.3) is 5.91 Å². The Morgan fingerprint density at radius 2 is 1.93 bits per heavy atom. The largest absolute Gasteiger partial charge is 0.466 e. The number of carbonyl (C=O) groups excluding carboxylic acids is 1. The topological polar surface area (TPSA) is 72.3 Å². The third-order valence-electron chi connectivity index (χ3n) is 5.69. The van der Waals surface area contributed by atoms with Crippen LogP contribution < -0.4 is 10.1 Å². The molecule has 1 unspecified atom stereocenters. The molecule has 1 amide bonds. The van der Waals surface area contributed by atoms with Gasteiger partial charge in [0.1, 0.15) is 0 Å². The summed E-state index contributed by atoms with van der Waals surface area (Å²) in [5, 5.41) is 8.32. The summed E-state index contributed by atoms with van der Waals surface area (Å²) >= 11 is 0. The van der Waals surface area contributed by atoms with E-state index in [2.05, 4.69) is 32.4 Å². The van der Waals surface area contributed by atoms with E-state index in [4.69, 9.17) is 4.74 Å². The highest BCUT2D eigenvalue weighted by atomic mass is 16.5. The van der Waals surface area contributed by atoms with Crippen LogP contribution in [0.15, 0.2) is 36.4 Å². The number of hydrogen-bond donors (Lipinski definition) is 1. The first-order chi connectivity index (χ1) is 14.5. The molecule has 0 spiro atoms. The van der Waals surface area contributed by atoms with Crippen molar-refractivity contribution in [1.82, 2.24) is 25.0 Å². The molecule has 2 aromatic heterocycles. The Hall–Kier alpha value is -2.93. The Labute approximate surface area is 177 Å². The summed E-state index contributed by atoms with van der Waals surface area (Å²) in [4.78, 5) is 19.5. The minimum absolute atomic E-state index is 0.0685. The Balaban J connectivity index is 1.40. The molecule has 158 valence electrons. The molecule has 1 saturated heterocycles. The van der Waals surface area contributed by atoms with Crippen LogP contribution in [0, 0.1) is 13.8 Å². The molecule has 1 aromatic carbocycles. The first-order valence-corrected chi connectivity index (χ1v) is 10.5. The Morgan fingerprint density at radius 3 is 2.67 bits per heavy atom. The summed E-state index contributed by atoms with van der Waals surface area (Å²) in [6, 6.07) is 12.6. The van der Waals surface area contributed by atoms with Crippen LogP contribution in [0.25, 0.3) is 11.0 Å². The highest BCUT2D eigenvalue weighted by molar-refractivity contribution is 5.85. The summed E-state index contributed by atoms with van der Waals surface area (Å²) in [6.45, 7) is 6.59. The SMILES string of the molecule is Cc1cc(C)c2c(OCC(=O)NCC(c3ccccc3)N3CCCC3)nn(C)c2n1. The fourth-order valence-corrected chi connectivity index (χ4v) is 4.23. The number of aromatic nitrogens is 3. The number of pyridine rings is 1. The zero-order chi connectivity index (χ0) is 21.1. The molecule has 1 N–H and O–H groups in total. The fraction of sp³-hybridized carbons (Fsp3) is 0.435. The Bertz CT molecular complexity index is 1020. The third-order valence-corrected chi connectivity index (χ3v) is 5.69. The van der Waals surface area contributed by atoms with E-state index in [0.717, 1.165) is 35.4 Å². The quantitative estimate of drug-likeness (QED) is 0.652. The van der Waals surface area contributed by atoms with Gasteiger partial charge in [-0.2, -0.15) is 0 Å². The van der Waals surface area contributed by atoms with Crippen LogP contribution in [-0.2, 0) is 11.8 Å². The molecule has 0 saturated carbocycles. The van der Waals surface area contributed by atoms with Crippen molar-refractivity contribution in [1.29, 1.82) is 0 Å². The number of nitrogens with one attached hydrogen (secondary N) is 1. The van der Waals surface area contributed by atoms with Crippen LogP contribution in [0.2, 0.25) is 0 Å². The van der Waals surface area contributed by atoms with E-state index >= 15 is 0 Å². The predicted molar refractivity (Wildman–Crippen MR) is 116 cm³/mol. The van der Waals surface area contributed by atoms with Crippen LogP contribution in [0.1, 0.15) is 35.7 Å². The number of aryl methyl sites for hydroxylation is 3. The molecular weight excluding hydrogens is 378 g/mol. The molecule has 1 fully saturated rings. The number of fused-ring (bicyclic) bond motifs is 1. The van der Waals surface area contributed by atoms with E-state index < -0.39 is 0 Å². The number of hydrogen-bond acceptors (Lipinski definition) is 5.